The van der Waals surface area contributed by atoms with Gasteiger partial charge in [0.1, 0.15) is 12.1 Å². The molecule has 1 amide bonds. The van der Waals surface area contributed by atoms with Crippen LogP contribution >= 0.6 is 34.2 Å². The van der Waals surface area contributed by atoms with Crippen molar-refractivity contribution in [2.24, 2.45) is 5.73 Å². The molecule has 0 aromatic carbocycles. The van der Waals surface area contributed by atoms with Gasteiger partial charge in [0, 0.05) is 18.4 Å². The second-order valence-corrected chi connectivity index (χ2v) is 6.10. The van der Waals surface area contributed by atoms with Crippen LogP contribution in [-0.4, -0.2) is 45.7 Å². The van der Waals surface area contributed by atoms with Crippen LogP contribution in [0, 0.1) is 0 Å². The molecule has 17 heavy (non-hydrogen) atoms. The van der Waals surface area contributed by atoms with Crippen molar-refractivity contribution in [3.05, 3.63) is 0 Å². The van der Waals surface area contributed by atoms with E-state index < -0.39 is 23.2 Å². The number of hydrogen-bond donors (Lipinski definition) is 4. The molecule has 0 aliphatic heterocycles. The lowest BCUT2D eigenvalue weighted by atomic mass is 10.4. The van der Waals surface area contributed by atoms with E-state index in [1.54, 1.807) is 0 Å². The SMILES string of the molecule is CC(=O)NC(CSSCC(N)C(=O)O)C(=O)S. The molecule has 2 atom stereocenters. The van der Waals surface area contributed by atoms with Gasteiger partial charge in [-0.15, -0.1) is 12.6 Å². The van der Waals surface area contributed by atoms with E-state index in [4.69, 9.17) is 10.8 Å². The van der Waals surface area contributed by atoms with E-state index in [9.17, 15) is 14.4 Å². The van der Waals surface area contributed by atoms with Crippen LogP contribution in [0.25, 0.3) is 0 Å². The van der Waals surface area contributed by atoms with Crippen LogP contribution in [0.2, 0.25) is 0 Å². The van der Waals surface area contributed by atoms with E-state index in [0.29, 0.717) is 5.75 Å². The molecular formula is C8H14N2O4S3. The van der Waals surface area contributed by atoms with E-state index in [1.807, 2.05) is 0 Å². The van der Waals surface area contributed by atoms with Gasteiger partial charge in [-0.25, -0.2) is 0 Å². The quantitative estimate of drug-likeness (QED) is 0.278. The van der Waals surface area contributed by atoms with E-state index in [1.165, 1.54) is 28.5 Å². The topological polar surface area (TPSA) is 109 Å². The van der Waals surface area contributed by atoms with Gasteiger partial charge in [-0.1, -0.05) is 21.6 Å². The second-order valence-electron chi connectivity index (χ2n) is 3.11. The molecule has 0 aliphatic rings. The van der Waals surface area contributed by atoms with Crippen molar-refractivity contribution in [1.29, 1.82) is 0 Å². The zero-order chi connectivity index (χ0) is 13.4. The molecule has 6 nitrogen and oxygen atoms in total. The van der Waals surface area contributed by atoms with Crippen LogP contribution in [0.3, 0.4) is 0 Å². The predicted molar refractivity (Wildman–Crippen MR) is 72.1 cm³/mol. The molecule has 4 N–H and O–H groups in total. The molecule has 0 aromatic rings. The number of amides is 1. The van der Waals surface area contributed by atoms with Gasteiger partial charge in [0.15, 0.2) is 0 Å². The Morgan fingerprint density at radius 3 is 2.29 bits per heavy atom. The number of carbonyl (C=O) groups is 3. The molecule has 0 aliphatic carbocycles. The average molecular weight is 298 g/mol. The molecule has 0 saturated heterocycles. The Bertz CT molecular complexity index is 300. The monoisotopic (exact) mass is 298 g/mol. The molecule has 98 valence electrons. The minimum absolute atomic E-state index is 0.230. The van der Waals surface area contributed by atoms with Crippen molar-refractivity contribution < 1.29 is 19.5 Å². The fourth-order valence-electron chi connectivity index (χ4n) is 0.729. The predicted octanol–water partition coefficient (Wildman–Crippen LogP) is -0.259. The molecule has 2 unspecified atom stereocenters. The molecular weight excluding hydrogens is 284 g/mol. The largest absolute Gasteiger partial charge is 0.480 e. The first kappa shape index (κ1) is 16.6. The van der Waals surface area contributed by atoms with Gasteiger partial charge < -0.3 is 16.2 Å². The minimum atomic E-state index is -1.07. The lowest BCUT2D eigenvalue weighted by Gasteiger charge is -2.13. The van der Waals surface area contributed by atoms with Crippen molar-refractivity contribution in [3.63, 3.8) is 0 Å². The summed E-state index contributed by atoms with van der Waals surface area (Å²) in [6, 6.07) is -1.60. The highest BCUT2D eigenvalue weighted by molar-refractivity contribution is 8.76. The van der Waals surface area contributed by atoms with Gasteiger partial charge >= 0.3 is 5.97 Å². The third-order valence-electron chi connectivity index (χ3n) is 1.56. The normalized spacial score (nSPS) is 13.8. The van der Waals surface area contributed by atoms with E-state index >= 15 is 0 Å². The number of aliphatic carboxylic acids is 1. The van der Waals surface area contributed by atoms with Crippen molar-refractivity contribution in [3.8, 4) is 0 Å². The summed E-state index contributed by atoms with van der Waals surface area (Å²) >= 11 is 3.65. The molecule has 0 heterocycles. The van der Waals surface area contributed by atoms with Crippen LogP contribution in [-0.2, 0) is 14.4 Å². The Hall–Kier alpha value is -0.380. The summed E-state index contributed by atoms with van der Waals surface area (Å²) in [4.78, 5) is 32.2. The number of rotatable bonds is 8. The maximum Gasteiger partial charge on any atom is 0.321 e. The highest BCUT2D eigenvalue weighted by Gasteiger charge is 2.17. The summed E-state index contributed by atoms with van der Waals surface area (Å²) in [7, 11) is 2.50. The van der Waals surface area contributed by atoms with Crippen molar-refractivity contribution in [2.75, 3.05) is 11.5 Å². The van der Waals surface area contributed by atoms with Gasteiger partial charge in [0.25, 0.3) is 0 Å². The van der Waals surface area contributed by atoms with Gasteiger partial charge in [-0.05, 0) is 0 Å². The fraction of sp³-hybridized carbons (Fsp3) is 0.625. The van der Waals surface area contributed by atoms with Crippen molar-refractivity contribution in [1.82, 2.24) is 5.32 Å². The molecule has 0 saturated carbocycles. The standard InChI is InChI=1S/C8H14N2O4S3/c1-4(11)10-6(8(14)15)3-17-16-2-5(9)7(12)13/h5-6H,2-3,9H2,1H3,(H,10,11)(H,12,13)(H,14,15). The van der Waals surface area contributed by atoms with Gasteiger partial charge in [0.2, 0.25) is 11.0 Å². The third kappa shape index (κ3) is 8.36. The Balaban J connectivity index is 3.87. The maximum atomic E-state index is 11.0. The van der Waals surface area contributed by atoms with Crippen molar-refractivity contribution >= 4 is 51.2 Å². The van der Waals surface area contributed by atoms with Gasteiger partial charge in [0.05, 0.1) is 0 Å². The fourth-order valence-corrected chi connectivity index (χ4v) is 3.29. The van der Waals surface area contributed by atoms with Crippen LogP contribution in [0.15, 0.2) is 0 Å². The summed E-state index contributed by atoms with van der Waals surface area (Å²) in [5.74, 6) is -0.834. The molecule has 0 rings (SSSR count). The zero-order valence-electron chi connectivity index (χ0n) is 9.08. The van der Waals surface area contributed by atoms with Gasteiger partial charge in [-0.2, -0.15) is 0 Å². The molecule has 0 spiro atoms. The van der Waals surface area contributed by atoms with Crippen LogP contribution < -0.4 is 11.1 Å². The number of carboxylic acid groups (broad SMARTS) is 1. The molecule has 0 bridgehead atoms. The number of carbonyl (C=O) groups excluding carboxylic acids is 2. The average Bonchev–Trinajstić information content (AvgIpc) is 2.21. The number of nitrogens with two attached hydrogens (primary N) is 1. The molecule has 0 aromatic heterocycles. The third-order valence-corrected chi connectivity index (χ3v) is 4.32. The summed E-state index contributed by atoms with van der Waals surface area (Å²) in [5.41, 5.74) is 5.29. The Morgan fingerprint density at radius 2 is 1.88 bits per heavy atom. The van der Waals surface area contributed by atoms with E-state index in [-0.39, 0.29) is 11.7 Å². The van der Waals surface area contributed by atoms with Crippen molar-refractivity contribution in [2.45, 2.75) is 19.0 Å². The van der Waals surface area contributed by atoms with E-state index in [0.717, 1.165) is 0 Å². The molecule has 9 heteroatoms. The first-order valence-corrected chi connectivity index (χ1v) is 7.50. The van der Waals surface area contributed by atoms with Gasteiger partial charge in [-0.3, -0.25) is 14.4 Å². The zero-order valence-corrected chi connectivity index (χ0v) is 11.6. The molecule has 0 radical (unpaired) electrons. The summed E-state index contributed by atoms with van der Waals surface area (Å²) in [6.45, 7) is 1.31. The molecule has 0 fully saturated rings. The number of nitrogens with one attached hydrogen (secondary N) is 1. The Morgan fingerprint density at radius 1 is 1.35 bits per heavy atom. The summed E-state index contributed by atoms with van der Waals surface area (Å²) < 4.78 is 0. The highest BCUT2D eigenvalue weighted by atomic mass is 33.1. The number of hydrogen-bond acceptors (Lipinski definition) is 6. The Labute approximate surface area is 112 Å². The number of thiol groups is 1. The lowest BCUT2D eigenvalue weighted by Crippen LogP contribution is -2.39. The first-order valence-electron chi connectivity index (χ1n) is 4.57. The highest BCUT2D eigenvalue weighted by Crippen LogP contribution is 2.23. The summed E-state index contributed by atoms with van der Waals surface area (Å²) in [5, 5.41) is 10.5. The summed E-state index contributed by atoms with van der Waals surface area (Å²) in [6.07, 6.45) is 0. The smallest absolute Gasteiger partial charge is 0.321 e. The number of carboxylic acids is 1. The first-order chi connectivity index (χ1) is 7.84. The second kappa shape index (κ2) is 8.67. The van der Waals surface area contributed by atoms with Crippen LogP contribution in [0.1, 0.15) is 6.92 Å². The van der Waals surface area contributed by atoms with Crippen LogP contribution in [0.5, 0.6) is 0 Å². The van der Waals surface area contributed by atoms with Crippen LogP contribution in [0.4, 0.5) is 0 Å². The maximum absolute atomic E-state index is 11.0. The Kier molecular flexibility index (Phi) is 8.48. The lowest BCUT2D eigenvalue weighted by molar-refractivity contribution is -0.137. The van der Waals surface area contributed by atoms with E-state index in [2.05, 4.69) is 17.9 Å². The minimum Gasteiger partial charge on any atom is -0.480 e.